The van der Waals surface area contributed by atoms with Gasteiger partial charge < -0.3 is 0 Å². The first-order chi connectivity index (χ1) is 10.4. The van der Waals surface area contributed by atoms with E-state index in [0.29, 0.717) is 0 Å². The van der Waals surface area contributed by atoms with E-state index in [1.807, 2.05) is 0 Å². The van der Waals surface area contributed by atoms with Crippen molar-refractivity contribution in [2.75, 3.05) is 6.16 Å². The molecule has 28 heavy (non-hydrogen) atoms. The summed E-state index contributed by atoms with van der Waals surface area (Å²) in [5.74, 6) is 0. The molecule has 162 valence electrons. The van der Waals surface area contributed by atoms with Crippen molar-refractivity contribution in [3.05, 3.63) is 91.0 Å². The summed E-state index contributed by atoms with van der Waals surface area (Å²) in [7, 11) is -1.90. The van der Waals surface area contributed by atoms with Gasteiger partial charge in [0.1, 0.15) is 0 Å². The quantitative estimate of drug-likeness (QED) is 0.272. The second-order valence-corrected chi connectivity index (χ2v) is 9.61. The summed E-state index contributed by atoms with van der Waals surface area (Å²) in [4.78, 5) is 0. The molecular formula is C20H30F6PSb. The van der Waals surface area contributed by atoms with Crippen molar-refractivity contribution in [2.24, 2.45) is 0 Å². The van der Waals surface area contributed by atoms with Crippen molar-refractivity contribution in [1.82, 2.24) is 0 Å². The van der Waals surface area contributed by atoms with Gasteiger partial charge in [0, 0.05) is 0 Å². The Morgan fingerprint density at radius 2 is 0.679 bits per heavy atom. The average molecular weight is 537 g/mol. The van der Waals surface area contributed by atoms with Gasteiger partial charge in [0.15, 0.2) is 0 Å². The Morgan fingerprint density at radius 3 is 0.857 bits per heavy atom. The summed E-state index contributed by atoms with van der Waals surface area (Å²) in [5.41, 5.74) is 0. The molecule has 8 heteroatoms. The van der Waals surface area contributed by atoms with Gasteiger partial charge >= 0.3 is 152 Å². The first-order valence-corrected chi connectivity index (χ1v) is 9.75. The monoisotopic (exact) mass is 536 g/mol. The summed E-state index contributed by atoms with van der Waals surface area (Å²) < 4.78 is 0. The van der Waals surface area contributed by atoms with Gasteiger partial charge in [-0.1, -0.05) is 0 Å². The van der Waals surface area contributed by atoms with Gasteiger partial charge in [-0.05, 0) is 0 Å². The fraction of sp³-hybridized carbons (Fsp3) is 0.100. The average Bonchev–Trinajstić information content (AvgIpc) is 2.59. The zero-order valence-corrected chi connectivity index (χ0v) is 20.6. The molecule has 0 aromatic heterocycles. The number of benzene rings is 3. The molecule has 0 spiro atoms. The van der Waals surface area contributed by atoms with E-state index >= 15 is 0 Å². The van der Waals surface area contributed by atoms with Crippen LogP contribution in [-0.4, -0.2) is 30.6 Å². The molecule has 0 amide bonds. The van der Waals surface area contributed by atoms with Crippen LogP contribution in [0.15, 0.2) is 91.0 Å². The van der Waals surface area contributed by atoms with E-state index in [0.717, 1.165) is 0 Å². The molecule has 0 aliphatic carbocycles. The molecule has 0 fully saturated rings. The van der Waals surface area contributed by atoms with Crippen LogP contribution in [-0.2, 0) is 0 Å². The van der Waals surface area contributed by atoms with Crippen molar-refractivity contribution in [2.45, 2.75) is 6.92 Å². The Balaban J connectivity index is -0.000000252. The fourth-order valence-electron chi connectivity index (χ4n) is 3.28. The Morgan fingerprint density at radius 1 is 0.464 bits per heavy atom. The van der Waals surface area contributed by atoms with Gasteiger partial charge in [0.25, 0.3) is 0 Å². The van der Waals surface area contributed by atoms with Crippen LogP contribution < -0.4 is 15.9 Å². The van der Waals surface area contributed by atoms with Crippen LogP contribution in [0.25, 0.3) is 0 Å². The molecule has 0 N–H and O–H groups in total. The molecule has 0 radical (unpaired) electrons. The first-order valence-electron chi connectivity index (χ1n) is 7.54. The summed E-state index contributed by atoms with van der Waals surface area (Å²) in [6.07, 6.45) is 1.17. The van der Waals surface area contributed by atoms with Crippen molar-refractivity contribution < 1.29 is 28.2 Å². The molecule has 3 aromatic carbocycles. The van der Waals surface area contributed by atoms with Gasteiger partial charge in [-0.25, -0.2) is 0 Å². The minimum atomic E-state index is -1.90. The van der Waals surface area contributed by atoms with Gasteiger partial charge in [-0.2, -0.15) is 0 Å². The van der Waals surface area contributed by atoms with E-state index in [1.54, 1.807) is 0 Å². The van der Waals surface area contributed by atoms with E-state index < -0.39 is 7.26 Å². The molecule has 0 heterocycles. The predicted molar refractivity (Wildman–Crippen MR) is 122 cm³/mol. The van der Waals surface area contributed by atoms with Crippen LogP contribution in [0.4, 0.5) is 28.2 Å². The minimum absolute atomic E-state index is 0. The maximum atomic E-state index is 2.33. The third-order valence-electron chi connectivity index (χ3n) is 4.33. The van der Waals surface area contributed by atoms with Crippen LogP contribution in [0.3, 0.4) is 0 Å². The summed E-state index contributed by atoms with van der Waals surface area (Å²) >= 11 is 0. The van der Waals surface area contributed by atoms with Crippen molar-refractivity contribution in [3.8, 4) is 0 Å². The molecule has 0 aliphatic rings. The van der Waals surface area contributed by atoms with Gasteiger partial charge in [0.05, 0.1) is 0 Å². The van der Waals surface area contributed by atoms with Crippen LogP contribution >= 0.6 is 7.26 Å². The van der Waals surface area contributed by atoms with Gasteiger partial charge in [-0.15, -0.1) is 0 Å². The Labute approximate surface area is 179 Å². The number of hydrogen-bond acceptors (Lipinski definition) is 0. The molecule has 0 unspecified atom stereocenters. The van der Waals surface area contributed by atoms with Crippen LogP contribution in [0.5, 0.6) is 0 Å². The standard InChI is InChI=1S/C20H21P.6FH.Sb.3H/c1-2-21(18-12-6-3-7-13-18,19-14-8-4-9-15-19)20-16-10-5-11-17-20;;;;;;;;;;/h3-17,21H,2H2,1H3;6*1H;;;;. The van der Waals surface area contributed by atoms with Crippen molar-refractivity contribution in [3.63, 3.8) is 0 Å². The third-order valence-corrected chi connectivity index (χ3v) is 9.35. The molecule has 0 nitrogen and oxygen atoms in total. The molecular weight excluding hydrogens is 507 g/mol. The first kappa shape index (κ1) is 37.3. The maximum absolute atomic E-state index is 2.33. The SMILES string of the molecule is CC[PH](c1ccccc1)(c1ccccc1)c1ccccc1.F.F.F.F.F.F.[SbH3]. The number of rotatable bonds is 4. The molecule has 0 atom stereocenters. The molecule has 0 bridgehead atoms. The van der Waals surface area contributed by atoms with Crippen LogP contribution in [0.1, 0.15) is 6.92 Å². The van der Waals surface area contributed by atoms with Crippen LogP contribution in [0.2, 0.25) is 0 Å². The van der Waals surface area contributed by atoms with E-state index in [-0.39, 0.29) is 52.7 Å². The van der Waals surface area contributed by atoms with E-state index in [2.05, 4.69) is 97.9 Å². The molecule has 0 saturated carbocycles. The fourth-order valence-corrected chi connectivity index (χ4v) is 7.79. The van der Waals surface area contributed by atoms with E-state index in [9.17, 15) is 0 Å². The summed E-state index contributed by atoms with van der Waals surface area (Å²) in [6.45, 7) is 2.33. The predicted octanol–water partition coefficient (Wildman–Crippen LogP) is 3.46. The van der Waals surface area contributed by atoms with Crippen LogP contribution in [0, 0.1) is 0 Å². The molecule has 3 aromatic rings. The molecule has 0 saturated heterocycles. The summed E-state index contributed by atoms with van der Waals surface area (Å²) in [5, 5.41) is 4.47. The molecule has 3 rings (SSSR count). The topological polar surface area (TPSA) is 0 Å². The van der Waals surface area contributed by atoms with E-state index in [4.69, 9.17) is 0 Å². The number of hydrogen-bond donors (Lipinski definition) is 0. The zero-order chi connectivity index (χ0) is 14.5. The second kappa shape index (κ2) is 17.6. The summed E-state index contributed by atoms with van der Waals surface area (Å²) in [6, 6.07) is 33.1. The van der Waals surface area contributed by atoms with Crippen molar-refractivity contribution >= 4 is 47.6 Å². The number of halogens is 6. The van der Waals surface area contributed by atoms with Crippen molar-refractivity contribution in [1.29, 1.82) is 0 Å². The normalized spacial score (nSPS) is 9.04. The second-order valence-electron chi connectivity index (χ2n) is 5.36. The Bertz CT molecular complexity index is 605. The Kier molecular flexibility index (Phi) is 23.4. The van der Waals surface area contributed by atoms with Gasteiger partial charge in [0.2, 0.25) is 0 Å². The Hall–Kier alpha value is -1.51. The zero-order valence-electron chi connectivity index (χ0n) is 15.5. The third kappa shape index (κ3) is 7.14. The van der Waals surface area contributed by atoms with Gasteiger partial charge in [-0.3, -0.25) is 28.2 Å². The molecule has 0 aliphatic heterocycles. The van der Waals surface area contributed by atoms with E-state index in [1.165, 1.54) is 22.1 Å².